The minimum absolute atomic E-state index is 0.00550. The van der Waals surface area contributed by atoms with Gasteiger partial charge >= 0.3 is 0 Å². The number of methoxy groups -OCH3 is 2. The van der Waals surface area contributed by atoms with Gasteiger partial charge in [-0.2, -0.15) is 10.2 Å². The van der Waals surface area contributed by atoms with E-state index in [1.54, 1.807) is 28.1 Å². The van der Waals surface area contributed by atoms with Gasteiger partial charge in [0, 0.05) is 24.0 Å². The molecule has 0 saturated heterocycles. The summed E-state index contributed by atoms with van der Waals surface area (Å²) < 4.78 is 10.3. The molecule has 0 heterocycles. The number of benzene rings is 2. The third-order valence-corrected chi connectivity index (χ3v) is 4.25. The van der Waals surface area contributed by atoms with Crippen LogP contribution in [0, 0.1) is 0 Å². The maximum atomic E-state index is 12.0. The van der Waals surface area contributed by atoms with Crippen LogP contribution >= 0.6 is 0 Å². The minimum Gasteiger partial charge on any atom is -0.497 e. The third-order valence-electron chi connectivity index (χ3n) is 4.25. The second-order valence-corrected chi connectivity index (χ2v) is 6.43. The van der Waals surface area contributed by atoms with Gasteiger partial charge in [-0.15, -0.1) is 0 Å². The van der Waals surface area contributed by atoms with E-state index in [4.69, 9.17) is 9.47 Å². The summed E-state index contributed by atoms with van der Waals surface area (Å²) in [5.74, 6) is 0.687. The summed E-state index contributed by atoms with van der Waals surface area (Å²) in [5, 5.41) is 8.14. The summed E-state index contributed by atoms with van der Waals surface area (Å²) in [5.41, 5.74) is 7.83. The summed E-state index contributed by atoms with van der Waals surface area (Å²) in [6.07, 6.45) is -0.0110. The number of carbonyl (C=O) groups is 2. The van der Waals surface area contributed by atoms with E-state index in [0.717, 1.165) is 11.1 Å². The molecule has 0 spiro atoms. The van der Waals surface area contributed by atoms with Crippen LogP contribution in [0.15, 0.2) is 58.7 Å². The lowest BCUT2D eigenvalue weighted by molar-refractivity contribution is -0.126. The molecule has 2 rings (SSSR count). The lowest BCUT2D eigenvalue weighted by Crippen LogP contribution is -2.24. The molecule has 0 aliphatic carbocycles. The summed E-state index contributed by atoms with van der Waals surface area (Å²) in [7, 11) is 3.17. The standard InChI is InChI=1S/C22H26N4O4/c1-15(17-7-5-9-19(13-17)29-3)23-25-21(27)11-12-22(28)26-24-16(2)18-8-6-10-20(14-18)30-4/h5-10,13-14H,11-12H2,1-4H3,(H,25,27)(H,26,28). The second kappa shape index (κ2) is 11.4. The number of hydrogen-bond donors (Lipinski definition) is 2. The summed E-state index contributed by atoms with van der Waals surface area (Å²) >= 11 is 0. The molecule has 0 aliphatic rings. The molecule has 0 aliphatic heterocycles. The second-order valence-electron chi connectivity index (χ2n) is 6.43. The first-order valence-corrected chi connectivity index (χ1v) is 9.38. The van der Waals surface area contributed by atoms with E-state index in [1.165, 1.54) is 0 Å². The van der Waals surface area contributed by atoms with Gasteiger partial charge in [0.2, 0.25) is 11.8 Å². The average Bonchev–Trinajstić information content (AvgIpc) is 2.79. The molecule has 0 aromatic heterocycles. The van der Waals surface area contributed by atoms with Crippen LogP contribution in [-0.2, 0) is 9.59 Å². The Balaban J connectivity index is 1.81. The predicted molar refractivity (Wildman–Crippen MR) is 116 cm³/mol. The zero-order valence-electron chi connectivity index (χ0n) is 17.6. The lowest BCUT2D eigenvalue weighted by Gasteiger charge is -2.06. The quantitative estimate of drug-likeness (QED) is 0.490. The van der Waals surface area contributed by atoms with E-state index in [0.29, 0.717) is 22.9 Å². The zero-order chi connectivity index (χ0) is 21.9. The molecule has 2 amide bonds. The van der Waals surface area contributed by atoms with Crippen molar-refractivity contribution in [1.29, 1.82) is 0 Å². The molecule has 2 aromatic carbocycles. The van der Waals surface area contributed by atoms with Crippen LogP contribution < -0.4 is 20.3 Å². The monoisotopic (exact) mass is 410 g/mol. The van der Waals surface area contributed by atoms with Crippen LogP contribution in [0.3, 0.4) is 0 Å². The number of rotatable bonds is 9. The Morgan fingerprint density at radius 3 is 1.53 bits per heavy atom. The van der Waals surface area contributed by atoms with Gasteiger partial charge in [0.05, 0.1) is 25.6 Å². The van der Waals surface area contributed by atoms with Crippen LogP contribution in [0.2, 0.25) is 0 Å². The molecule has 8 nitrogen and oxygen atoms in total. The highest BCUT2D eigenvalue weighted by Crippen LogP contribution is 2.14. The van der Waals surface area contributed by atoms with Crippen LogP contribution in [0.5, 0.6) is 11.5 Å². The largest absolute Gasteiger partial charge is 0.497 e. The highest BCUT2D eigenvalue weighted by Gasteiger charge is 2.07. The number of carbonyl (C=O) groups excluding carboxylic acids is 2. The molecular formula is C22H26N4O4. The Morgan fingerprint density at radius 2 is 1.17 bits per heavy atom. The van der Waals surface area contributed by atoms with E-state index in [9.17, 15) is 9.59 Å². The zero-order valence-corrected chi connectivity index (χ0v) is 17.6. The fourth-order valence-corrected chi connectivity index (χ4v) is 2.46. The van der Waals surface area contributed by atoms with Crippen molar-refractivity contribution in [3.63, 3.8) is 0 Å². The van der Waals surface area contributed by atoms with Crippen molar-refractivity contribution in [2.24, 2.45) is 10.2 Å². The molecule has 158 valence electrons. The fraction of sp³-hybridized carbons (Fsp3) is 0.273. The van der Waals surface area contributed by atoms with Gasteiger partial charge in [0.1, 0.15) is 11.5 Å². The van der Waals surface area contributed by atoms with Crippen molar-refractivity contribution in [1.82, 2.24) is 10.9 Å². The molecule has 0 saturated carbocycles. The Hall–Kier alpha value is -3.68. The van der Waals surface area contributed by atoms with Crippen molar-refractivity contribution in [2.45, 2.75) is 26.7 Å². The van der Waals surface area contributed by atoms with E-state index in [-0.39, 0.29) is 24.7 Å². The summed E-state index contributed by atoms with van der Waals surface area (Å²) in [4.78, 5) is 23.9. The van der Waals surface area contributed by atoms with Crippen LogP contribution in [0.25, 0.3) is 0 Å². The van der Waals surface area contributed by atoms with Gasteiger partial charge in [-0.05, 0) is 38.1 Å². The maximum Gasteiger partial charge on any atom is 0.240 e. The first kappa shape index (κ1) is 22.6. The van der Waals surface area contributed by atoms with Crippen LogP contribution in [0.1, 0.15) is 37.8 Å². The molecule has 0 bridgehead atoms. The predicted octanol–water partition coefficient (Wildman–Crippen LogP) is 2.86. The summed E-state index contributed by atoms with van der Waals surface area (Å²) in [6, 6.07) is 14.7. The molecular weight excluding hydrogens is 384 g/mol. The van der Waals surface area contributed by atoms with Gasteiger partial charge < -0.3 is 9.47 Å². The topological polar surface area (TPSA) is 101 Å². The molecule has 0 radical (unpaired) electrons. The molecule has 30 heavy (non-hydrogen) atoms. The van der Waals surface area contributed by atoms with Crippen molar-refractivity contribution >= 4 is 23.2 Å². The number of ether oxygens (including phenoxy) is 2. The molecule has 8 heteroatoms. The number of nitrogens with one attached hydrogen (secondary N) is 2. The van der Waals surface area contributed by atoms with E-state index < -0.39 is 0 Å². The van der Waals surface area contributed by atoms with E-state index in [2.05, 4.69) is 21.1 Å². The summed E-state index contributed by atoms with van der Waals surface area (Å²) in [6.45, 7) is 3.55. The minimum atomic E-state index is -0.360. The Kier molecular flexibility index (Phi) is 8.56. The normalized spacial score (nSPS) is 11.6. The smallest absolute Gasteiger partial charge is 0.240 e. The Bertz CT molecular complexity index is 876. The van der Waals surface area contributed by atoms with Crippen LogP contribution in [-0.4, -0.2) is 37.5 Å². The third kappa shape index (κ3) is 7.05. The van der Waals surface area contributed by atoms with Gasteiger partial charge in [0.25, 0.3) is 0 Å². The van der Waals surface area contributed by atoms with Crippen molar-refractivity contribution in [2.75, 3.05) is 14.2 Å². The number of hydrazone groups is 2. The SMILES string of the molecule is COc1cccc(C(C)=NNC(=O)CCC(=O)NN=C(C)c2cccc(OC)c2)c1. The van der Waals surface area contributed by atoms with Crippen LogP contribution in [0.4, 0.5) is 0 Å². The van der Waals surface area contributed by atoms with E-state index >= 15 is 0 Å². The molecule has 0 atom stereocenters. The fourth-order valence-electron chi connectivity index (χ4n) is 2.46. The Morgan fingerprint density at radius 1 is 0.767 bits per heavy atom. The average molecular weight is 410 g/mol. The van der Waals surface area contributed by atoms with E-state index in [1.807, 2.05) is 48.5 Å². The van der Waals surface area contributed by atoms with Gasteiger partial charge in [-0.25, -0.2) is 10.9 Å². The van der Waals surface area contributed by atoms with Crippen molar-refractivity contribution in [3.05, 3.63) is 59.7 Å². The highest BCUT2D eigenvalue weighted by molar-refractivity contribution is 6.00. The number of nitrogens with zero attached hydrogens (tertiary/aromatic N) is 2. The van der Waals surface area contributed by atoms with Crippen molar-refractivity contribution in [3.8, 4) is 11.5 Å². The molecule has 0 unspecified atom stereocenters. The van der Waals surface area contributed by atoms with Gasteiger partial charge in [0.15, 0.2) is 0 Å². The maximum absolute atomic E-state index is 12.0. The molecule has 2 N–H and O–H groups in total. The number of hydrogen-bond acceptors (Lipinski definition) is 6. The molecule has 2 aromatic rings. The Labute approximate surface area is 176 Å². The lowest BCUT2D eigenvalue weighted by atomic mass is 10.1. The van der Waals surface area contributed by atoms with Crippen molar-refractivity contribution < 1.29 is 19.1 Å². The molecule has 0 fully saturated rings. The number of amides is 2. The highest BCUT2D eigenvalue weighted by atomic mass is 16.5. The van der Waals surface area contributed by atoms with Gasteiger partial charge in [-0.1, -0.05) is 24.3 Å². The first-order chi connectivity index (χ1) is 14.4. The first-order valence-electron chi connectivity index (χ1n) is 9.38. The van der Waals surface area contributed by atoms with Gasteiger partial charge in [-0.3, -0.25) is 9.59 Å².